The molecule has 0 N–H and O–H groups in total. The Morgan fingerprint density at radius 2 is 2.10 bits per heavy atom. The number of allylic oxidation sites excluding steroid dienone is 2. The Morgan fingerprint density at radius 3 is 2.90 bits per heavy atom. The van der Waals surface area contributed by atoms with Crippen molar-refractivity contribution < 1.29 is 0 Å². The zero-order valence-corrected chi connectivity index (χ0v) is 6.30. The van der Waals surface area contributed by atoms with Crippen LogP contribution in [0.15, 0.2) is 11.1 Å². The second-order valence-electron chi connectivity index (χ2n) is 4.68. The van der Waals surface area contributed by atoms with Crippen molar-refractivity contribution in [3.8, 4) is 0 Å². The van der Waals surface area contributed by atoms with Crippen molar-refractivity contribution >= 4 is 0 Å². The Hall–Kier alpha value is -0.260. The van der Waals surface area contributed by atoms with Crippen LogP contribution in [0.5, 0.6) is 0 Å². The molecule has 5 unspecified atom stereocenters. The van der Waals surface area contributed by atoms with Gasteiger partial charge in [-0.3, -0.25) is 0 Å². The molecule has 0 bridgehead atoms. The monoisotopic (exact) mass is 132 g/mol. The molecular weight excluding hydrogens is 120 g/mol. The third-order valence-electron chi connectivity index (χ3n) is 4.46. The van der Waals surface area contributed by atoms with Crippen LogP contribution in [-0.4, -0.2) is 0 Å². The maximum absolute atomic E-state index is 2.46. The van der Waals surface area contributed by atoms with Crippen molar-refractivity contribution in [2.45, 2.75) is 19.8 Å². The van der Waals surface area contributed by atoms with Gasteiger partial charge < -0.3 is 0 Å². The third kappa shape index (κ3) is 0.275. The van der Waals surface area contributed by atoms with Gasteiger partial charge in [0, 0.05) is 0 Å². The van der Waals surface area contributed by atoms with E-state index in [0.29, 0.717) is 0 Å². The van der Waals surface area contributed by atoms with E-state index in [9.17, 15) is 0 Å². The SMILES string of the molecule is CC1C2=C(C2)C2C3CC3C12. The number of rotatable bonds is 0. The minimum absolute atomic E-state index is 1.02. The van der Waals surface area contributed by atoms with E-state index in [2.05, 4.69) is 6.92 Å². The highest BCUT2D eigenvalue weighted by molar-refractivity contribution is 5.50. The van der Waals surface area contributed by atoms with Gasteiger partial charge in [-0.25, -0.2) is 0 Å². The minimum Gasteiger partial charge on any atom is -0.0632 e. The summed E-state index contributed by atoms with van der Waals surface area (Å²) in [5, 5.41) is 0. The first-order chi connectivity index (χ1) is 4.88. The quantitative estimate of drug-likeness (QED) is 0.443. The molecule has 0 spiro atoms. The van der Waals surface area contributed by atoms with Crippen LogP contribution in [0.3, 0.4) is 0 Å². The van der Waals surface area contributed by atoms with Gasteiger partial charge in [-0.2, -0.15) is 0 Å². The van der Waals surface area contributed by atoms with E-state index in [-0.39, 0.29) is 0 Å². The fourth-order valence-electron chi connectivity index (χ4n) is 3.85. The summed E-state index contributed by atoms with van der Waals surface area (Å²) in [6.45, 7) is 2.46. The van der Waals surface area contributed by atoms with Crippen molar-refractivity contribution in [3.05, 3.63) is 11.1 Å². The number of fused-ring (bicyclic) bond motifs is 5. The lowest BCUT2D eigenvalue weighted by atomic mass is 9.68. The Labute approximate surface area is 61.3 Å². The summed E-state index contributed by atoms with van der Waals surface area (Å²) in [6.07, 6.45) is 3.04. The summed E-state index contributed by atoms with van der Waals surface area (Å²) in [5.74, 6) is 5.71. The van der Waals surface area contributed by atoms with Crippen LogP contribution >= 0.6 is 0 Å². The maximum Gasteiger partial charge on any atom is -0.00969 e. The van der Waals surface area contributed by atoms with Crippen molar-refractivity contribution in [1.29, 1.82) is 0 Å². The van der Waals surface area contributed by atoms with E-state index in [1.54, 1.807) is 6.42 Å². The van der Waals surface area contributed by atoms with E-state index >= 15 is 0 Å². The molecule has 2 saturated carbocycles. The fraction of sp³-hybridized carbons (Fsp3) is 0.800. The lowest BCUT2D eigenvalue weighted by Crippen LogP contribution is -2.31. The first kappa shape index (κ1) is 4.58. The topological polar surface area (TPSA) is 0 Å². The second-order valence-corrected chi connectivity index (χ2v) is 4.68. The summed E-state index contributed by atoms with van der Waals surface area (Å²) < 4.78 is 0. The van der Waals surface area contributed by atoms with E-state index < -0.39 is 0 Å². The molecule has 0 aliphatic heterocycles. The van der Waals surface area contributed by atoms with Crippen molar-refractivity contribution in [3.63, 3.8) is 0 Å². The molecule has 0 radical (unpaired) electrons. The molecule has 4 rings (SSSR count). The molecule has 0 nitrogen and oxygen atoms in total. The van der Waals surface area contributed by atoms with Gasteiger partial charge in [0.05, 0.1) is 0 Å². The summed E-state index contributed by atoms with van der Waals surface area (Å²) in [7, 11) is 0. The van der Waals surface area contributed by atoms with Crippen LogP contribution in [0.2, 0.25) is 0 Å². The minimum atomic E-state index is 1.02. The van der Waals surface area contributed by atoms with E-state index in [4.69, 9.17) is 0 Å². The molecular formula is C10H12. The Bertz CT molecular complexity index is 261. The van der Waals surface area contributed by atoms with Gasteiger partial charge in [0.1, 0.15) is 0 Å². The molecule has 4 aliphatic carbocycles. The van der Waals surface area contributed by atoms with Gasteiger partial charge >= 0.3 is 0 Å². The highest BCUT2D eigenvalue weighted by Crippen LogP contribution is 2.77. The fourth-order valence-corrected chi connectivity index (χ4v) is 3.85. The standard InChI is InChI=1S/C10H12/c1-4-5-2-6(5)10-8-3-7(8)9(4)10/h4,7-10H,2-3H2,1H3. The van der Waals surface area contributed by atoms with Gasteiger partial charge in [-0.1, -0.05) is 18.1 Å². The molecule has 10 heavy (non-hydrogen) atoms. The third-order valence-corrected chi connectivity index (χ3v) is 4.46. The van der Waals surface area contributed by atoms with Crippen LogP contribution in [0.4, 0.5) is 0 Å². The molecule has 0 aromatic heterocycles. The molecule has 5 atom stereocenters. The highest BCUT2D eigenvalue weighted by atomic mass is 14.7. The van der Waals surface area contributed by atoms with Crippen LogP contribution in [0.1, 0.15) is 19.8 Å². The van der Waals surface area contributed by atoms with Crippen LogP contribution in [0, 0.1) is 29.6 Å². The summed E-state index contributed by atoms with van der Waals surface area (Å²) in [4.78, 5) is 0. The largest absolute Gasteiger partial charge is 0.0632 e. The number of hydrogen-bond acceptors (Lipinski definition) is 0. The van der Waals surface area contributed by atoms with Crippen molar-refractivity contribution in [1.82, 2.24) is 0 Å². The van der Waals surface area contributed by atoms with Gasteiger partial charge in [0.2, 0.25) is 0 Å². The van der Waals surface area contributed by atoms with Crippen LogP contribution in [-0.2, 0) is 0 Å². The normalized spacial score (nSPS) is 66.3. The van der Waals surface area contributed by atoms with Crippen molar-refractivity contribution in [2.24, 2.45) is 29.6 Å². The lowest BCUT2D eigenvalue weighted by Gasteiger charge is -2.36. The summed E-state index contributed by atoms with van der Waals surface area (Å²) in [5.41, 5.74) is 3.79. The van der Waals surface area contributed by atoms with E-state index in [1.165, 1.54) is 18.3 Å². The Morgan fingerprint density at radius 1 is 1.20 bits per heavy atom. The zero-order chi connectivity index (χ0) is 6.46. The van der Waals surface area contributed by atoms with E-state index in [0.717, 1.165) is 17.8 Å². The van der Waals surface area contributed by atoms with Gasteiger partial charge in [0.25, 0.3) is 0 Å². The van der Waals surface area contributed by atoms with Gasteiger partial charge in [-0.05, 0) is 42.4 Å². The first-order valence-electron chi connectivity index (χ1n) is 4.59. The molecule has 0 heterocycles. The first-order valence-corrected chi connectivity index (χ1v) is 4.59. The second kappa shape index (κ2) is 1.01. The summed E-state index contributed by atoms with van der Waals surface area (Å²) in [6, 6.07) is 0. The van der Waals surface area contributed by atoms with Gasteiger partial charge in [-0.15, -0.1) is 0 Å². The lowest BCUT2D eigenvalue weighted by molar-refractivity contribution is 0.158. The maximum atomic E-state index is 2.46. The molecule has 0 amide bonds. The molecule has 2 fully saturated rings. The predicted molar refractivity (Wildman–Crippen MR) is 39.4 cm³/mol. The molecule has 4 aliphatic rings. The van der Waals surface area contributed by atoms with Crippen molar-refractivity contribution in [2.75, 3.05) is 0 Å². The Balaban J connectivity index is 1.86. The summed E-state index contributed by atoms with van der Waals surface area (Å²) >= 11 is 0. The average molecular weight is 132 g/mol. The predicted octanol–water partition coefficient (Wildman–Crippen LogP) is 2.22. The molecule has 0 aromatic rings. The smallest absolute Gasteiger partial charge is 0.00969 e. The molecule has 52 valence electrons. The molecule has 0 heteroatoms. The number of hydrogen-bond donors (Lipinski definition) is 0. The van der Waals surface area contributed by atoms with E-state index in [1.807, 2.05) is 11.1 Å². The highest BCUT2D eigenvalue weighted by Gasteiger charge is 2.69. The molecule has 0 saturated heterocycles. The van der Waals surface area contributed by atoms with Crippen LogP contribution < -0.4 is 0 Å². The average Bonchev–Trinajstić information content (AvgIpc) is 2.72. The molecule has 0 aromatic carbocycles. The van der Waals surface area contributed by atoms with Crippen LogP contribution in [0.25, 0.3) is 0 Å². The Kier molecular flexibility index (Phi) is 0.464. The van der Waals surface area contributed by atoms with Gasteiger partial charge in [0.15, 0.2) is 0 Å². The zero-order valence-electron chi connectivity index (χ0n) is 6.30.